The minimum Gasteiger partial charge on any atom is -0.276 e. The molecule has 17 heavy (non-hydrogen) atoms. The van der Waals surface area contributed by atoms with Crippen LogP contribution >= 0.6 is 0 Å². The van der Waals surface area contributed by atoms with Crippen LogP contribution in [0, 0.1) is 6.92 Å². The molecule has 0 saturated heterocycles. The first kappa shape index (κ1) is 11.8. The van der Waals surface area contributed by atoms with Gasteiger partial charge in [0.25, 0.3) is 0 Å². The van der Waals surface area contributed by atoms with Gasteiger partial charge in [-0.05, 0) is 24.5 Å². The fourth-order valence-corrected chi connectivity index (χ4v) is 1.97. The van der Waals surface area contributed by atoms with Crippen LogP contribution in [0.1, 0.15) is 22.7 Å². The van der Waals surface area contributed by atoms with E-state index in [-0.39, 0.29) is 6.04 Å². The number of benzene rings is 1. The molecule has 2 aromatic rings. The number of hydrogen-bond acceptors (Lipinski definition) is 3. The minimum atomic E-state index is 0.124. The van der Waals surface area contributed by atoms with Crippen LogP contribution in [0.5, 0.6) is 0 Å². The quantitative estimate of drug-likeness (QED) is 0.618. The zero-order chi connectivity index (χ0) is 12.3. The Morgan fingerprint density at radius 3 is 2.88 bits per heavy atom. The van der Waals surface area contributed by atoms with Gasteiger partial charge in [-0.3, -0.25) is 16.0 Å². The Morgan fingerprint density at radius 1 is 1.47 bits per heavy atom. The van der Waals surface area contributed by atoms with E-state index < -0.39 is 0 Å². The SMILES string of the molecule is Cc1cccc(C(Cc2cnn(C)c2)NN)c1. The molecule has 0 bridgehead atoms. The predicted molar refractivity (Wildman–Crippen MR) is 68.2 cm³/mol. The Hall–Kier alpha value is -1.65. The summed E-state index contributed by atoms with van der Waals surface area (Å²) in [6.07, 6.45) is 4.73. The molecule has 1 heterocycles. The number of nitrogens with zero attached hydrogens (tertiary/aromatic N) is 2. The zero-order valence-electron chi connectivity index (χ0n) is 10.2. The van der Waals surface area contributed by atoms with Crippen molar-refractivity contribution in [2.75, 3.05) is 0 Å². The summed E-state index contributed by atoms with van der Waals surface area (Å²) >= 11 is 0. The average Bonchev–Trinajstić information content (AvgIpc) is 2.72. The maximum absolute atomic E-state index is 5.63. The second kappa shape index (κ2) is 5.12. The highest BCUT2D eigenvalue weighted by Gasteiger charge is 2.11. The maximum atomic E-state index is 5.63. The molecule has 0 amide bonds. The van der Waals surface area contributed by atoms with Crippen LogP contribution < -0.4 is 11.3 Å². The summed E-state index contributed by atoms with van der Waals surface area (Å²) in [5.41, 5.74) is 6.49. The molecule has 0 fully saturated rings. The summed E-state index contributed by atoms with van der Waals surface area (Å²) in [5.74, 6) is 5.63. The van der Waals surface area contributed by atoms with Crippen LogP contribution in [0.15, 0.2) is 36.7 Å². The van der Waals surface area contributed by atoms with E-state index in [2.05, 4.69) is 41.7 Å². The van der Waals surface area contributed by atoms with Gasteiger partial charge in [0.2, 0.25) is 0 Å². The molecule has 0 aliphatic rings. The summed E-state index contributed by atoms with van der Waals surface area (Å²) in [4.78, 5) is 0. The van der Waals surface area contributed by atoms with Gasteiger partial charge in [-0.25, -0.2) is 0 Å². The van der Waals surface area contributed by atoms with Crippen molar-refractivity contribution in [3.8, 4) is 0 Å². The zero-order valence-corrected chi connectivity index (χ0v) is 10.2. The third-order valence-electron chi connectivity index (χ3n) is 2.84. The second-order valence-electron chi connectivity index (χ2n) is 4.36. The van der Waals surface area contributed by atoms with Crippen molar-refractivity contribution >= 4 is 0 Å². The van der Waals surface area contributed by atoms with Crippen molar-refractivity contribution in [3.63, 3.8) is 0 Å². The van der Waals surface area contributed by atoms with E-state index in [1.54, 1.807) is 4.68 Å². The highest BCUT2D eigenvalue weighted by molar-refractivity contribution is 5.26. The normalized spacial score (nSPS) is 12.6. The molecule has 2 rings (SSSR count). The minimum absolute atomic E-state index is 0.124. The van der Waals surface area contributed by atoms with Crippen LogP contribution in [0.2, 0.25) is 0 Å². The van der Waals surface area contributed by atoms with Gasteiger partial charge in [-0.15, -0.1) is 0 Å². The molecule has 1 atom stereocenters. The van der Waals surface area contributed by atoms with Crippen molar-refractivity contribution in [3.05, 3.63) is 53.3 Å². The lowest BCUT2D eigenvalue weighted by atomic mass is 10.00. The molecule has 4 heteroatoms. The topological polar surface area (TPSA) is 55.9 Å². The monoisotopic (exact) mass is 230 g/mol. The van der Waals surface area contributed by atoms with Gasteiger partial charge in [-0.1, -0.05) is 29.8 Å². The molecule has 0 aliphatic heterocycles. The largest absolute Gasteiger partial charge is 0.276 e. The summed E-state index contributed by atoms with van der Waals surface area (Å²) < 4.78 is 1.80. The van der Waals surface area contributed by atoms with Crippen molar-refractivity contribution in [2.45, 2.75) is 19.4 Å². The van der Waals surface area contributed by atoms with Gasteiger partial charge < -0.3 is 0 Å². The molecule has 0 saturated carbocycles. The van der Waals surface area contributed by atoms with E-state index in [9.17, 15) is 0 Å². The molecule has 1 aromatic heterocycles. The van der Waals surface area contributed by atoms with Gasteiger partial charge in [0.05, 0.1) is 12.2 Å². The van der Waals surface area contributed by atoms with E-state index >= 15 is 0 Å². The first-order chi connectivity index (χ1) is 8.19. The molecule has 4 nitrogen and oxygen atoms in total. The van der Waals surface area contributed by atoms with E-state index in [1.807, 2.05) is 19.4 Å². The number of nitrogens with one attached hydrogen (secondary N) is 1. The fourth-order valence-electron chi connectivity index (χ4n) is 1.97. The average molecular weight is 230 g/mol. The standard InChI is InChI=1S/C13H18N4/c1-10-4-3-5-12(6-10)13(16-14)7-11-8-15-17(2)9-11/h3-6,8-9,13,16H,7,14H2,1-2H3. The number of hydrazine groups is 1. The third-order valence-corrected chi connectivity index (χ3v) is 2.84. The fraction of sp³-hybridized carbons (Fsp3) is 0.308. The number of nitrogens with two attached hydrogens (primary N) is 1. The molecule has 90 valence electrons. The van der Waals surface area contributed by atoms with Crippen LogP contribution in [0.3, 0.4) is 0 Å². The van der Waals surface area contributed by atoms with E-state index in [1.165, 1.54) is 16.7 Å². The molecular weight excluding hydrogens is 212 g/mol. The lowest BCUT2D eigenvalue weighted by molar-refractivity contribution is 0.551. The second-order valence-corrected chi connectivity index (χ2v) is 4.36. The van der Waals surface area contributed by atoms with E-state index in [0.29, 0.717) is 0 Å². The van der Waals surface area contributed by atoms with Crippen molar-refractivity contribution < 1.29 is 0 Å². The molecular formula is C13H18N4. The summed E-state index contributed by atoms with van der Waals surface area (Å²) in [6, 6.07) is 8.51. The van der Waals surface area contributed by atoms with Crippen LogP contribution in [0.25, 0.3) is 0 Å². The Labute approximate surface area is 101 Å². The lowest BCUT2D eigenvalue weighted by Crippen LogP contribution is -2.29. The molecule has 1 unspecified atom stereocenters. The third kappa shape index (κ3) is 2.93. The Morgan fingerprint density at radius 2 is 2.29 bits per heavy atom. The van der Waals surface area contributed by atoms with Crippen molar-refractivity contribution in [2.24, 2.45) is 12.9 Å². The summed E-state index contributed by atoms with van der Waals surface area (Å²) in [7, 11) is 1.92. The van der Waals surface area contributed by atoms with Crippen molar-refractivity contribution in [1.82, 2.24) is 15.2 Å². The van der Waals surface area contributed by atoms with Gasteiger partial charge >= 0.3 is 0 Å². The Kier molecular flexibility index (Phi) is 3.56. The number of rotatable bonds is 4. The Balaban J connectivity index is 2.16. The number of aryl methyl sites for hydroxylation is 2. The first-order valence-corrected chi connectivity index (χ1v) is 5.69. The van der Waals surface area contributed by atoms with E-state index in [4.69, 9.17) is 5.84 Å². The van der Waals surface area contributed by atoms with Gasteiger partial charge in [0, 0.05) is 13.2 Å². The van der Waals surface area contributed by atoms with Gasteiger partial charge in [0.1, 0.15) is 0 Å². The predicted octanol–water partition coefficient (Wildman–Crippen LogP) is 1.48. The number of hydrogen-bond donors (Lipinski definition) is 2. The molecule has 0 aliphatic carbocycles. The van der Waals surface area contributed by atoms with Gasteiger partial charge in [-0.2, -0.15) is 5.10 Å². The van der Waals surface area contributed by atoms with Gasteiger partial charge in [0.15, 0.2) is 0 Å². The summed E-state index contributed by atoms with van der Waals surface area (Å²) in [5, 5.41) is 4.16. The smallest absolute Gasteiger partial charge is 0.0522 e. The highest BCUT2D eigenvalue weighted by atomic mass is 15.2. The molecule has 0 spiro atoms. The van der Waals surface area contributed by atoms with Crippen LogP contribution in [0.4, 0.5) is 0 Å². The maximum Gasteiger partial charge on any atom is 0.0522 e. The molecule has 1 aromatic carbocycles. The van der Waals surface area contributed by atoms with Crippen molar-refractivity contribution in [1.29, 1.82) is 0 Å². The molecule has 0 radical (unpaired) electrons. The highest BCUT2D eigenvalue weighted by Crippen LogP contribution is 2.18. The first-order valence-electron chi connectivity index (χ1n) is 5.69. The van der Waals surface area contributed by atoms with Crippen LogP contribution in [-0.2, 0) is 13.5 Å². The van der Waals surface area contributed by atoms with E-state index in [0.717, 1.165) is 6.42 Å². The number of aromatic nitrogens is 2. The Bertz CT molecular complexity index is 490. The summed E-state index contributed by atoms with van der Waals surface area (Å²) in [6.45, 7) is 2.08. The lowest BCUT2D eigenvalue weighted by Gasteiger charge is -2.15. The van der Waals surface area contributed by atoms with Crippen LogP contribution in [-0.4, -0.2) is 9.78 Å². The molecule has 3 N–H and O–H groups in total.